The Bertz CT molecular complexity index is 960. The van der Waals surface area contributed by atoms with Crippen LogP contribution in [0.4, 0.5) is 0 Å². The minimum Gasteiger partial charge on any atom is -0.356 e. The summed E-state index contributed by atoms with van der Waals surface area (Å²) in [5.41, 5.74) is 4.06. The van der Waals surface area contributed by atoms with Crippen molar-refractivity contribution in [2.24, 2.45) is 4.99 Å². The molecule has 3 aromatic rings. The summed E-state index contributed by atoms with van der Waals surface area (Å²) in [7, 11) is 5.26. The summed E-state index contributed by atoms with van der Waals surface area (Å²) in [4.78, 5) is 17.8. The lowest BCUT2D eigenvalue weighted by atomic mass is 10.1. The number of carbonyl (C=O) groups excluding carboxylic acids is 1. The van der Waals surface area contributed by atoms with Crippen LogP contribution in [0.1, 0.15) is 21.5 Å². The normalized spacial score (nSPS) is 11.2. The van der Waals surface area contributed by atoms with Gasteiger partial charge in [0.15, 0.2) is 5.96 Å². The van der Waals surface area contributed by atoms with Gasteiger partial charge in [0.1, 0.15) is 0 Å². The molecule has 1 amide bonds. The van der Waals surface area contributed by atoms with Gasteiger partial charge in [-0.15, -0.1) is 0 Å². The number of aliphatic imine (C=N–C) groups is 1. The second-order valence-corrected chi connectivity index (χ2v) is 7.12. The Morgan fingerprint density at radius 2 is 1.73 bits per heavy atom. The van der Waals surface area contributed by atoms with Crippen LogP contribution in [0.2, 0.25) is 0 Å². The maximum atomic E-state index is 12.0. The lowest BCUT2D eigenvalue weighted by Crippen LogP contribution is -2.37. The number of rotatable bonds is 7. The number of hydrogen-bond donors (Lipinski definition) is 2. The number of carbonyl (C=O) groups is 1. The molecule has 1 heterocycles. The molecule has 0 aliphatic rings. The molecule has 0 unspecified atom stereocenters. The number of nitrogens with one attached hydrogen (secondary N) is 2. The third kappa shape index (κ3) is 5.70. The Hall–Kier alpha value is -3.61. The highest BCUT2D eigenvalue weighted by Gasteiger charge is 2.07. The fourth-order valence-electron chi connectivity index (χ4n) is 2.99. The summed E-state index contributed by atoms with van der Waals surface area (Å²) >= 11 is 0. The largest absolute Gasteiger partial charge is 0.356 e. The van der Waals surface area contributed by atoms with Gasteiger partial charge < -0.3 is 15.5 Å². The van der Waals surface area contributed by atoms with Crippen LogP contribution in [0.5, 0.6) is 0 Å². The number of amides is 1. The number of aromatic nitrogens is 2. The van der Waals surface area contributed by atoms with Crippen molar-refractivity contribution < 1.29 is 4.79 Å². The van der Waals surface area contributed by atoms with Crippen LogP contribution in [0.25, 0.3) is 5.69 Å². The van der Waals surface area contributed by atoms with E-state index in [0.29, 0.717) is 12.1 Å². The van der Waals surface area contributed by atoms with E-state index in [1.54, 1.807) is 32.2 Å². The lowest BCUT2D eigenvalue weighted by Gasteiger charge is -2.13. The number of nitrogens with zero attached hydrogens (tertiary/aromatic N) is 4. The van der Waals surface area contributed by atoms with Gasteiger partial charge in [0.25, 0.3) is 5.91 Å². The van der Waals surface area contributed by atoms with E-state index in [1.165, 1.54) is 5.56 Å². The Morgan fingerprint density at radius 1 is 1.03 bits per heavy atom. The van der Waals surface area contributed by atoms with Gasteiger partial charge >= 0.3 is 0 Å². The van der Waals surface area contributed by atoms with Crippen LogP contribution >= 0.6 is 0 Å². The second-order valence-electron chi connectivity index (χ2n) is 7.12. The van der Waals surface area contributed by atoms with E-state index in [9.17, 15) is 4.79 Å². The van der Waals surface area contributed by atoms with Crippen LogP contribution in [0.3, 0.4) is 0 Å². The molecule has 156 valence electrons. The molecule has 0 saturated heterocycles. The molecule has 0 radical (unpaired) electrons. The van der Waals surface area contributed by atoms with Gasteiger partial charge in [0.2, 0.25) is 0 Å². The van der Waals surface area contributed by atoms with Gasteiger partial charge in [0, 0.05) is 52.2 Å². The molecule has 1 aromatic heterocycles. The van der Waals surface area contributed by atoms with Crippen molar-refractivity contribution in [3.63, 3.8) is 0 Å². The smallest absolute Gasteiger partial charge is 0.253 e. The predicted octanol–water partition coefficient (Wildman–Crippen LogP) is 2.48. The third-order valence-electron chi connectivity index (χ3n) is 4.70. The van der Waals surface area contributed by atoms with E-state index in [2.05, 4.69) is 45.0 Å². The second kappa shape index (κ2) is 10.2. The molecule has 7 nitrogen and oxygen atoms in total. The zero-order valence-corrected chi connectivity index (χ0v) is 17.7. The molecule has 0 atom stereocenters. The Morgan fingerprint density at radius 3 is 2.33 bits per heavy atom. The summed E-state index contributed by atoms with van der Waals surface area (Å²) in [6, 6.07) is 17.9. The van der Waals surface area contributed by atoms with Gasteiger partial charge in [-0.1, -0.05) is 24.3 Å². The molecule has 2 N–H and O–H groups in total. The predicted molar refractivity (Wildman–Crippen MR) is 120 cm³/mol. The highest BCUT2D eigenvalue weighted by molar-refractivity contribution is 5.93. The van der Waals surface area contributed by atoms with E-state index in [4.69, 9.17) is 0 Å². The molecule has 30 heavy (non-hydrogen) atoms. The summed E-state index contributed by atoms with van der Waals surface area (Å²) in [6.07, 6.45) is 4.59. The molecule has 2 aromatic carbocycles. The maximum Gasteiger partial charge on any atom is 0.253 e. The Balaban J connectivity index is 1.44. The average Bonchev–Trinajstić information content (AvgIpc) is 3.31. The topological polar surface area (TPSA) is 74.5 Å². The molecule has 0 bridgehead atoms. The summed E-state index contributed by atoms with van der Waals surface area (Å²) < 4.78 is 1.84. The molecular weight excluding hydrogens is 376 g/mol. The van der Waals surface area contributed by atoms with Gasteiger partial charge in [-0.05, 0) is 47.9 Å². The SMILES string of the molecule is CN=C(NCCc1ccc(-n2cccn2)cc1)NCc1ccc(C(=O)N(C)C)cc1. The molecule has 7 heteroatoms. The zero-order valence-electron chi connectivity index (χ0n) is 17.7. The van der Waals surface area contributed by atoms with E-state index in [-0.39, 0.29) is 5.91 Å². The minimum absolute atomic E-state index is 0.00430. The average molecular weight is 405 g/mol. The van der Waals surface area contributed by atoms with Crippen molar-refractivity contribution in [1.29, 1.82) is 0 Å². The standard InChI is InChI=1S/C23H28N6O/c1-24-23(26-17-19-5-9-20(10-6-19)22(30)28(2)3)25-15-13-18-7-11-21(12-8-18)29-16-4-14-27-29/h4-12,14,16H,13,15,17H2,1-3H3,(H2,24,25,26). The first kappa shape index (κ1) is 21.1. The number of guanidine groups is 1. The quantitative estimate of drug-likeness (QED) is 0.469. The molecule has 0 fully saturated rings. The minimum atomic E-state index is 0.00430. The van der Waals surface area contributed by atoms with Gasteiger partial charge in [0.05, 0.1) is 5.69 Å². The van der Waals surface area contributed by atoms with Crippen LogP contribution in [0, 0.1) is 0 Å². The molecular formula is C23H28N6O. The molecule has 3 rings (SSSR count). The van der Waals surface area contributed by atoms with Gasteiger partial charge in [-0.3, -0.25) is 9.79 Å². The van der Waals surface area contributed by atoms with Crippen molar-refractivity contribution in [1.82, 2.24) is 25.3 Å². The van der Waals surface area contributed by atoms with Gasteiger partial charge in [-0.2, -0.15) is 5.10 Å². The maximum absolute atomic E-state index is 12.0. The third-order valence-corrected chi connectivity index (χ3v) is 4.70. The molecule has 0 spiro atoms. The first-order chi connectivity index (χ1) is 14.6. The Labute approximate surface area is 177 Å². The van der Waals surface area contributed by atoms with Gasteiger partial charge in [-0.25, -0.2) is 4.68 Å². The van der Waals surface area contributed by atoms with Crippen LogP contribution in [-0.4, -0.2) is 54.2 Å². The Kier molecular flexibility index (Phi) is 7.21. The molecule has 0 aliphatic heterocycles. The van der Waals surface area contributed by atoms with Crippen molar-refractivity contribution in [3.8, 4) is 5.69 Å². The first-order valence-electron chi connectivity index (χ1n) is 9.91. The monoisotopic (exact) mass is 404 g/mol. The van der Waals surface area contributed by atoms with Crippen molar-refractivity contribution in [2.45, 2.75) is 13.0 Å². The fraction of sp³-hybridized carbons (Fsp3) is 0.261. The van der Waals surface area contributed by atoms with Crippen molar-refractivity contribution in [2.75, 3.05) is 27.7 Å². The van der Waals surface area contributed by atoms with E-state index in [1.807, 2.05) is 41.2 Å². The highest BCUT2D eigenvalue weighted by atomic mass is 16.2. The lowest BCUT2D eigenvalue weighted by molar-refractivity contribution is 0.0827. The first-order valence-corrected chi connectivity index (χ1v) is 9.91. The van der Waals surface area contributed by atoms with Crippen molar-refractivity contribution >= 4 is 11.9 Å². The van der Waals surface area contributed by atoms with E-state index < -0.39 is 0 Å². The van der Waals surface area contributed by atoms with E-state index in [0.717, 1.165) is 30.2 Å². The number of benzene rings is 2. The van der Waals surface area contributed by atoms with E-state index >= 15 is 0 Å². The molecule has 0 saturated carbocycles. The highest BCUT2D eigenvalue weighted by Crippen LogP contribution is 2.09. The molecule has 0 aliphatic carbocycles. The van der Waals surface area contributed by atoms with Crippen LogP contribution < -0.4 is 10.6 Å². The van der Waals surface area contributed by atoms with Crippen molar-refractivity contribution in [3.05, 3.63) is 83.7 Å². The zero-order chi connectivity index (χ0) is 21.3. The van der Waals surface area contributed by atoms with Crippen LogP contribution in [-0.2, 0) is 13.0 Å². The summed E-state index contributed by atoms with van der Waals surface area (Å²) in [6.45, 7) is 1.41. The van der Waals surface area contributed by atoms with Crippen LogP contribution in [0.15, 0.2) is 72.0 Å². The summed E-state index contributed by atoms with van der Waals surface area (Å²) in [5.74, 6) is 0.751. The number of hydrogen-bond acceptors (Lipinski definition) is 3. The summed E-state index contributed by atoms with van der Waals surface area (Å²) in [5, 5.41) is 10.9. The fourth-order valence-corrected chi connectivity index (χ4v) is 2.99.